The van der Waals surface area contributed by atoms with Gasteiger partial charge in [-0.3, -0.25) is 4.79 Å². The van der Waals surface area contributed by atoms with Crippen LogP contribution in [0.25, 0.3) is 0 Å². The van der Waals surface area contributed by atoms with Crippen LogP contribution < -0.4 is 10.6 Å². The highest BCUT2D eigenvalue weighted by Gasteiger charge is 2.28. The van der Waals surface area contributed by atoms with Crippen molar-refractivity contribution in [3.8, 4) is 0 Å². The van der Waals surface area contributed by atoms with E-state index in [1.54, 1.807) is 4.31 Å². The van der Waals surface area contributed by atoms with Crippen molar-refractivity contribution in [1.29, 1.82) is 0 Å². The molecule has 1 fully saturated rings. The second-order valence-electron chi connectivity index (χ2n) is 6.82. The summed E-state index contributed by atoms with van der Waals surface area (Å²) in [6, 6.07) is 5.84. The largest absolute Gasteiger partial charge is 0.385 e. The monoisotopic (exact) mass is 401 g/mol. The first kappa shape index (κ1) is 21.0. The Bertz CT molecular complexity index is 731. The van der Waals surface area contributed by atoms with E-state index in [1.807, 2.05) is 25.1 Å². The molecule has 0 spiro atoms. The number of nitrogens with zero attached hydrogens (tertiary/aromatic N) is 1. The lowest BCUT2D eigenvalue weighted by atomic mass is 9.96. The molecule has 0 bridgehead atoms. The van der Waals surface area contributed by atoms with Gasteiger partial charge in [0, 0.05) is 36.9 Å². The van der Waals surface area contributed by atoms with Crippen molar-refractivity contribution in [3.63, 3.8) is 0 Å². The van der Waals surface area contributed by atoms with Crippen molar-refractivity contribution in [3.05, 3.63) is 29.3 Å². The van der Waals surface area contributed by atoms with Gasteiger partial charge in [0.2, 0.25) is 10.0 Å². The molecule has 0 atom stereocenters. The van der Waals surface area contributed by atoms with Crippen LogP contribution in [0.15, 0.2) is 18.2 Å². The zero-order valence-electron chi connectivity index (χ0n) is 15.2. The fourth-order valence-electron chi connectivity index (χ4n) is 3.65. The van der Waals surface area contributed by atoms with Gasteiger partial charge in [-0.2, -0.15) is 0 Å². The topological polar surface area (TPSA) is 78.5 Å². The Kier molecular flexibility index (Phi) is 7.32. The SMILES string of the molecule is CCCS(=O)(=O)N1CCC(NC(=O)c2cccc3c2CCCN3)CC1.Cl. The maximum atomic E-state index is 12.7. The van der Waals surface area contributed by atoms with Crippen LogP contribution in [0, 0.1) is 0 Å². The summed E-state index contributed by atoms with van der Waals surface area (Å²) in [6.07, 6.45) is 3.92. The highest BCUT2D eigenvalue weighted by Crippen LogP contribution is 2.25. The second kappa shape index (κ2) is 9.06. The molecule has 2 aliphatic heterocycles. The lowest BCUT2D eigenvalue weighted by Crippen LogP contribution is -2.47. The van der Waals surface area contributed by atoms with Gasteiger partial charge >= 0.3 is 0 Å². The van der Waals surface area contributed by atoms with E-state index in [0.29, 0.717) is 32.4 Å². The Morgan fingerprint density at radius 3 is 2.73 bits per heavy atom. The van der Waals surface area contributed by atoms with Crippen LogP contribution in [0.3, 0.4) is 0 Å². The summed E-state index contributed by atoms with van der Waals surface area (Å²) in [5, 5.41) is 6.44. The van der Waals surface area contributed by atoms with E-state index in [9.17, 15) is 13.2 Å². The Labute approximate surface area is 162 Å². The van der Waals surface area contributed by atoms with Gasteiger partial charge < -0.3 is 10.6 Å². The fraction of sp³-hybridized carbons (Fsp3) is 0.611. The predicted molar refractivity (Wildman–Crippen MR) is 107 cm³/mol. The zero-order valence-corrected chi connectivity index (χ0v) is 16.8. The third-order valence-electron chi connectivity index (χ3n) is 4.98. The molecule has 0 saturated carbocycles. The molecular weight excluding hydrogens is 374 g/mol. The van der Waals surface area contributed by atoms with Crippen LogP contribution in [-0.4, -0.2) is 50.1 Å². The first-order valence-electron chi connectivity index (χ1n) is 9.15. The van der Waals surface area contributed by atoms with Crippen LogP contribution in [0.5, 0.6) is 0 Å². The Hall–Kier alpha value is -1.31. The maximum Gasteiger partial charge on any atom is 0.251 e. The Balaban J connectivity index is 0.00000243. The van der Waals surface area contributed by atoms with Gasteiger partial charge in [0.25, 0.3) is 5.91 Å². The fourth-order valence-corrected chi connectivity index (χ4v) is 5.19. The molecule has 1 saturated heterocycles. The number of hydrogen-bond acceptors (Lipinski definition) is 4. The minimum Gasteiger partial charge on any atom is -0.385 e. The molecule has 146 valence electrons. The number of sulfonamides is 1. The van der Waals surface area contributed by atoms with Gasteiger partial charge in [0.1, 0.15) is 0 Å². The molecule has 0 aliphatic carbocycles. The minimum absolute atomic E-state index is 0. The average Bonchev–Trinajstić information content (AvgIpc) is 2.61. The molecule has 0 unspecified atom stereocenters. The van der Waals surface area contributed by atoms with E-state index < -0.39 is 10.0 Å². The second-order valence-corrected chi connectivity index (χ2v) is 8.91. The molecule has 1 aromatic carbocycles. The molecule has 1 amide bonds. The molecule has 2 N–H and O–H groups in total. The van der Waals surface area contributed by atoms with E-state index in [2.05, 4.69) is 10.6 Å². The molecule has 0 radical (unpaired) electrons. The number of benzene rings is 1. The standard InChI is InChI=1S/C18H27N3O3S.ClH/c1-2-13-25(23,24)21-11-8-14(9-12-21)20-18(22)16-5-3-7-17-15(16)6-4-10-19-17;/h3,5,7,14,19H,2,4,6,8-13H2,1H3,(H,20,22);1H. The van der Waals surface area contributed by atoms with Crippen LogP contribution in [0.4, 0.5) is 5.69 Å². The lowest BCUT2D eigenvalue weighted by molar-refractivity contribution is 0.0923. The number of piperidine rings is 1. The van der Waals surface area contributed by atoms with Crippen molar-refractivity contribution in [1.82, 2.24) is 9.62 Å². The Morgan fingerprint density at radius 2 is 2.04 bits per heavy atom. The summed E-state index contributed by atoms with van der Waals surface area (Å²) in [6.45, 7) is 3.80. The van der Waals surface area contributed by atoms with Gasteiger partial charge in [-0.15, -0.1) is 12.4 Å². The van der Waals surface area contributed by atoms with Crippen LogP contribution in [0.2, 0.25) is 0 Å². The average molecular weight is 402 g/mol. The number of carbonyl (C=O) groups excluding carboxylic acids is 1. The van der Waals surface area contributed by atoms with Gasteiger partial charge in [0.05, 0.1) is 5.75 Å². The van der Waals surface area contributed by atoms with Crippen molar-refractivity contribution in [2.45, 2.75) is 45.1 Å². The molecular formula is C18H28ClN3O3S. The summed E-state index contributed by atoms with van der Waals surface area (Å²) in [5.41, 5.74) is 2.89. The number of nitrogens with one attached hydrogen (secondary N) is 2. The number of amides is 1. The van der Waals surface area contributed by atoms with Crippen LogP contribution in [-0.2, 0) is 16.4 Å². The van der Waals surface area contributed by atoms with Gasteiger partial charge in [-0.25, -0.2) is 12.7 Å². The third-order valence-corrected chi connectivity index (χ3v) is 7.06. The van der Waals surface area contributed by atoms with E-state index in [1.165, 1.54) is 0 Å². The van der Waals surface area contributed by atoms with Crippen LogP contribution >= 0.6 is 12.4 Å². The number of halogens is 1. The quantitative estimate of drug-likeness (QED) is 0.794. The van der Waals surface area contributed by atoms with Crippen molar-refractivity contribution in [2.75, 3.05) is 30.7 Å². The van der Waals surface area contributed by atoms with Gasteiger partial charge in [-0.05, 0) is 49.8 Å². The number of fused-ring (bicyclic) bond motifs is 1. The highest BCUT2D eigenvalue weighted by molar-refractivity contribution is 7.89. The normalized spacial score (nSPS) is 18.3. The molecule has 2 heterocycles. The van der Waals surface area contributed by atoms with E-state index >= 15 is 0 Å². The molecule has 26 heavy (non-hydrogen) atoms. The zero-order chi connectivity index (χ0) is 17.9. The number of carbonyl (C=O) groups is 1. The van der Waals surface area contributed by atoms with Crippen molar-refractivity contribution < 1.29 is 13.2 Å². The number of anilines is 1. The maximum absolute atomic E-state index is 12.7. The summed E-state index contributed by atoms with van der Waals surface area (Å²) >= 11 is 0. The van der Waals surface area contributed by atoms with Crippen molar-refractivity contribution in [2.24, 2.45) is 0 Å². The summed E-state index contributed by atoms with van der Waals surface area (Å²) < 4.78 is 25.8. The summed E-state index contributed by atoms with van der Waals surface area (Å²) in [5.74, 6) is 0.156. The molecule has 2 aliphatic rings. The van der Waals surface area contributed by atoms with Crippen molar-refractivity contribution >= 4 is 34.0 Å². The number of hydrogen-bond donors (Lipinski definition) is 2. The van der Waals surface area contributed by atoms with Gasteiger partial charge in [0.15, 0.2) is 0 Å². The summed E-state index contributed by atoms with van der Waals surface area (Å²) in [4.78, 5) is 12.7. The molecule has 8 heteroatoms. The molecule has 0 aromatic heterocycles. The predicted octanol–water partition coefficient (Wildman–Crippen LogP) is 2.40. The molecule has 6 nitrogen and oxygen atoms in total. The lowest BCUT2D eigenvalue weighted by Gasteiger charge is -2.32. The smallest absolute Gasteiger partial charge is 0.251 e. The highest BCUT2D eigenvalue weighted by atomic mass is 35.5. The first-order valence-corrected chi connectivity index (χ1v) is 10.8. The molecule has 1 aromatic rings. The van der Waals surface area contributed by atoms with Crippen LogP contribution in [0.1, 0.15) is 48.5 Å². The first-order chi connectivity index (χ1) is 12.0. The number of rotatable bonds is 5. The van der Waals surface area contributed by atoms with E-state index in [4.69, 9.17) is 0 Å². The third kappa shape index (κ3) is 4.69. The van der Waals surface area contributed by atoms with E-state index in [-0.39, 0.29) is 30.1 Å². The minimum atomic E-state index is -3.14. The van der Waals surface area contributed by atoms with E-state index in [0.717, 1.165) is 36.2 Å². The summed E-state index contributed by atoms with van der Waals surface area (Å²) in [7, 11) is -3.14. The Morgan fingerprint density at radius 1 is 1.31 bits per heavy atom. The van der Waals surface area contributed by atoms with Gasteiger partial charge in [-0.1, -0.05) is 13.0 Å². The molecule has 3 rings (SSSR count).